The molecular formula is C25H20ClNO4. The van der Waals surface area contributed by atoms with Gasteiger partial charge in [-0.25, -0.2) is 0 Å². The van der Waals surface area contributed by atoms with Crippen LogP contribution < -0.4 is 9.64 Å². The molecular weight excluding hydrogens is 414 g/mol. The lowest BCUT2D eigenvalue weighted by atomic mass is 9.95. The van der Waals surface area contributed by atoms with Gasteiger partial charge in [0.1, 0.15) is 11.5 Å². The van der Waals surface area contributed by atoms with Gasteiger partial charge < -0.3 is 9.84 Å². The summed E-state index contributed by atoms with van der Waals surface area (Å²) in [6.07, 6.45) is 0. The molecule has 156 valence electrons. The summed E-state index contributed by atoms with van der Waals surface area (Å²) in [6.45, 7) is 1.86. The van der Waals surface area contributed by atoms with Crippen LogP contribution in [-0.2, 0) is 9.59 Å². The number of carbonyl (C=O) groups is 2. The first-order valence-electron chi connectivity index (χ1n) is 9.69. The van der Waals surface area contributed by atoms with Crippen molar-refractivity contribution in [2.45, 2.75) is 13.0 Å². The van der Waals surface area contributed by atoms with Gasteiger partial charge >= 0.3 is 0 Å². The fraction of sp³-hybridized carbons (Fsp3) is 0.120. The smallest absolute Gasteiger partial charge is 0.300 e. The summed E-state index contributed by atoms with van der Waals surface area (Å²) in [7, 11) is 1.54. The average Bonchev–Trinajstić information content (AvgIpc) is 3.06. The Balaban J connectivity index is 1.97. The van der Waals surface area contributed by atoms with Crippen LogP contribution in [0.2, 0.25) is 5.02 Å². The number of halogens is 1. The molecule has 1 aliphatic heterocycles. The van der Waals surface area contributed by atoms with E-state index in [0.29, 0.717) is 27.6 Å². The van der Waals surface area contributed by atoms with Gasteiger partial charge in [-0.15, -0.1) is 0 Å². The van der Waals surface area contributed by atoms with Crippen LogP contribution in [0.3, 0.4) is 0 Å². The van der Waals surface area contributed by atoms with Crippen LogP contribution in [0.5, 0.6) is 5.75 Å². The molecule has 0 unspecified atom stereocenters. The summed E-state index contributed by atoms with van der Waals surface area (Å²) in [5, 5.41) is 11.5. The van der Waals surface area contributed by atoms with E-state index in [1.165, 1.54) is 4.90 Å². The van der Waals surface area contributed by atoms with Crippen molar-refractivity contribution in [3.05, 3.63) is 100 Å². The lowest BCUT2D eigenvalue weighted by molar-refractivity contribution is -0.132. The minimum Gasteiger partial charge on any atom is -0.507 e. The van der Waals surface area contributed by atoms with Gasteiger partial charge in [-0.2, -0.15) is 0 Å². The summed E-state index contributed by atoms with van der Waals surface area (Å²) < 4.78 is 5.34. The number of aryl methyl sites for hydroxylation is 1. The number of carbonyl (C=O) groups excluding carboxylic acids is 2. The van der Waals surface area contributed by atoms with E-state index in [1.807, 2.05) is 13.0 Å². The molecule has 1 N–H and O–H groups in total. The lowest BCUT2D eigenvalue weighted by Gasteiger charge is -2.26. The predicted octanol–water partition coefficient (Wildman–Crippen LogP) is 5.28. The first-order chi connectivity index (χ1) is 14.9. The molecule has 0 aliphatic carbocycles. The molecule has 0 aromatic heterocycles. The predicted molar refractivity (Wildman–Crippen MR) is 120 cm³/mol. The number of hydrogen-bond donors (Lipinski definition) is 1. The molecule has 1 saturated heterocycles. The van der Waals surface area contributed by atoms with E-state index in [9.17, 15) is 14.7 Å². The van der Waals surface area contributed by atoms with Crippen LogP contribution in [0.15, 0.2) is 78.4 Å². The first kappa shape index (κ1) is 20.7. The van der Waals surface area contributed by atoms with Crippen LogP contribution in [0.25, 0.3) is 5.76 Å². The average molecular weight is 434 g/mol. The number of methoxy groups -OCH3 is 1. The number of benzene rings is 3. The second-order valence-electron chi connectivity index (χ2n) is 7.25. The van der Waals surface area contributed by atoms with E-state index in [1.54, 1.807) is 73.8 Å². The molecule has 0 spiro atoms. The molecule has 4 rings (SSSR count). The van der Waals surface area contributed by atoms with Gasteiger partial charge in [0.2, 0.25) is 0 Å². The van der Waals surface area contributed by atoms with Crippen LogP contribution >= 0.6 is 11.6 Å². The monoisotopic (exact) mass is 433 g/mol. The molecule has 1 fully saturated rings. The van der Waals surface area contributed by atoms with Crippen LogP contribution in [0.1, 0.15) is 22.7 Å². The Hall–Kier alpha value is -3.57. The fourth-order valence-corrected chi connectivity index (χ4v) is 3.88. The summed E-state index contributed by atoms with van der Waals surface area (Å²) in [6, 6.07) is 20.1. The topological polar surface area (TPSA) is 66.8 Å². The Bertz CT molecular complexity index is 1200. The number of anilines is 1. The van der Waals surface area contributed by atoms with Gasteiger partial charge in [0.25, 0.3) is 11.7 Å². The minimum absolute atomic E-state index is 0.0150. The first-order valence-corrected chi connectivity index (χ1v) is 10.1. The molecule has 3 aromatic rings. The van der Waals surface area contributed by atoms with E-state index < -0.39 is 17.7 Å². The van der Waals surface area contributed by atoms with E-state index in [4.69, 9.17) is 16.3 Å². The van der Waals surface area contributed by atoms with Gasteiger partial charge in [-0.1, -0.05) is 60.1 Å². The van der Waals surface area contributed by atoms with E-state index >= 15 is 0 Å². The summed E-state index contributed by atoms with van der Waals surface area (Å²) in [5.74, 6) is -1.15. The number of ketones is 1. The van der Waals surface area contributed by atoms with E-state index in [0.717, 1.165) is 5.56 Å². The molecule has 0 saturated carbocycles. The maximum Gasteiger partial charge on any atom is 0.300 e. The van der Waals surface area contributed by atoms with Crippen molar-refractivity contribution >= 4 is 34.7 Å². The number of nitrogens with zero attached hydrogens (tertiary/aromatic N) is 1. The Morgan fingerprint density at radius 2 is 1.74 bits per heavy atom. The zero-order valence-corrected chi connectivity index (χ0v) is 17.8. The molecule has 0 bridgehead atoms. The fourth-order valence-electron chi connectivity index (χ4n) is 3.71. The Labute approximate surface area is 185 Å². The Kier molecular flexibility index (Phi) is 5.53. The Morgan fingerprint density at radius 1 is 1.00 bits per heavy atom. The molecule has 1 atom stereocenters. The highest BCUT2D eigenvalue weighted by molar-refractivity contribution is 6.51. The summed E-state index contributed by atoms with van der Waals surface area (Å²) in [5.41, 5.74) is 2.42. The molecule has 5 nitrogen and oxygen atoms in total. The zero-order chi connectivity index (χ0) is 22.1. The maximum absolute atomic E-state index is 13.1. The number of ether oxygens (including phenoxy) is 1. The number of amides is 1. The quantitative estimate of drug-likeness (QED) is 0.345. The minimum atomic E-state index is -0.839. The van der Waals surface area contributed by atoms with Crippen LogP contribution in [0, 0.1) is 6.92 Å². The summed E-state index contributed by atoms with van der Waals surface area (Å²) in [4.78, 5) is 27.6. The molecule has 31 heavy (non-hydrogen) atoms. The molecule has 6 heteroatoms. The van der Waals surface area contributed by atoms with Crippen molar-refractivity contribution < 1.29 is 19.4 Å². The van der Waals surface area contributed by atoms with Gasteiger partial charge in [0, 0.05) is 16.3 Å². The van der Waals surface area contributed by atoms with Crippen molar-refractivity contribution in [3.8, 4) is 5.75 Å². The second-order valence-corrected chi connectivity index (χ2v) is 7.65. The second kappa shape index (κ2) is 8.28. The van der Waals surface area contributed by atoms with E-state index in [-0.39, 0.29) is 11.3 Å². The van der Waals surface area contributed by atoms with Gasteiger partial charge in [-0.3, -0.25) is 14.5 Å². The van der Waals surface area contributed by atoms with Gasteiger partial charge in [-0.05, 0) is 42.3 Å². The highest BCUT2D eigenvalue weighted by atomic mass is 35.5. The van der Waals surface area contributed by atoms with E-state index in [2.05, 4.69) is 0 Å². The lowest BCUT2D eigenvalue weighted by Crippen LogP contribution is -2.29. The van der Waals surface area contributed by atoms with Gasteiger partial charge in [0.05, 0.1) is 18.7 Å². The number of aliphatic hydroxyl groups excluding tert-OH is 1. The normalized spacial score (nSPS) is 17.8. The molecule has 1 amide bonds. The molecule has 0 radical (unpaired) electrons. The number of hydrogen-bond acceptors (Lipinski definition) is 4. The maximum atomic E-state index is 13.1. The number of aliphatic hydroxyl groups is 1. The highest BCUT2D eigenvalue weighted by Crippen LogP contribution is 2.43. The standard InChI is InChI=1S/C25H20ClNO4/c1-15-11-12-18(14-20(15)26)27-22(17-9-6-10-19(13-17)31-2)21(24(29)25(27)30)23(28)16-7-4-3-5-8-16/h3-14,22,28H,1-2H3/t22-/m1/s1. The number of Topliss-reactive ketones (excluding diaryl/α,β-unsaturated/α-hetero) is 1. The summed E-state index contributed by atoms with van der Waals surface area (Å²) >= 11 is 6.31. The SMILES string of the molecule is COc1cccc([C@@H]2C(=C(O)c3ccccc3)C(=O)C(=O)N2c2ccc(C)c(Cl)c2)c1. The van der Waals surface area contributed by atoms with Crippen molar-refractivity contribution in [2.24, 2.45) is 0 Å². The zero-order valence-electron chi connectivity index (χ0n) is 17.0. The Morgan fingerprint density at radius 3 is 2.42 bits per heavy atom. The highest BCUT2D eigenvalue weighted by Gasteiger charge is 2.47. The molecule has 1 aliphatic rings. The number of rotatable bonds is 4. The molecule has 3 aromatic carbocycles. The van der Waals surface area contributed by atoms with Crippen molar-refractivity contribution in [1.82, 2.24) is 0 Å². The van der Waals surface area contributed by atoms with Crippen LogP contribution in [-0.4, -0.2) is 23.9 Å². The third-order valence-electron chi connectivity index (χ3n) is 5.33. The third kappa shape index (κ3) is 3.68. The largest absolute Gasteiger partial charge is 0.507 e. The molecule has 1 heterocycles. The van der Waals surface area contributed by atoms with Crippen molar-refractivity contribution in [3.63, 3.8) is 0 Å². The third-order valence-corrected chi connectivity index (χ3v) is 5.74. The van der Waals surface area contributed by atoms with Gasteiger partial charge in [0.15, 0.2) is 0 Å². The van der Waals surface area contributed by atoms with Crippen LogP contribution in [0.4, 0.5) is 5.69 Å². The van der Waals surface area contributed by atoms with Crippen molar-refractivity contribution in [2.75, 3.05) is 12.0 Å². The van der Waals surface area contributed by atoms with Crippen molar-refractivity contribution in [1.29, 1.82) is 0 Å².